The molecule has 0 aliphatic heterocycles. The molecular weight excluding hydrogens is 186 g/mol. The number of hydrogen-bond acceptors (Lipinski definition) is 2. The maximum absolute atomic E-state index is 5.73. The lowest BCUT2D eigenvalue weighted by Crippen LogP contribution is -2.40. The zero-order valence-corrected chi connectivity index (χ0v) is 7.68. The number of halogens is 1. The van der Waals surface area contributed by atoms with Crippen LogP contribution in [0.4, 0.5) is 5.69 Å². The van der Waals surface area contributed by atoms with Gasteiger partial charge in [-0.25, -0.2) is 0 Å². The van der Waals surface area contributed by atoms with Gasteiger partial charge in [0, 0.05) is 11.0 Å². The van der Waals surface area contributed by atoms with Crippen molar-refractivity contribution in [2.24, 2.45) is 0 Å². The van der Waals surface area contributed by atoms with E-state index >= 15 is 0 Å². The highest BCUT2D eigenvalue weighted by atomic mass is 35.5. The van der Waals surface area contributed by atoms with Crippen LogP contribution in [0.5, 0.6) is 0 Å². The predicted octanol–water partition coefficient (Wildman–Crippen LogP) is 1.79. The minimum absolute atomic E-state index is 0.612. The summed E-state index contributed by atoms with van der Waals surface area (Å²) in [4.78, 5) is 1.53. The second kappa shape index (κ2) is 3.05. The molecule has 0 aliphatic carbocycles. The number of thiol groups is 2. The first kappa shape index (κ1) is 8.27. The van der Waals surface area contributed by atoms with Crippen molar-refractivity contribution in [1.82, 2.24) is 0 Å². The van der Waals surface area contributed by atoms with Crippen molar-refractivity contribution in [2.45, 2.75) is 9.79 Å². The topological polar surface area (TPSA) is 27.6 Å². The number of hydrogen-bond donors (Lipinski definition) is 3. The Balaban J connectivity index is 3.28. The van der Waals surface area contributed by atoms with Crippen molar-refractivity contribution in [3.8, 4) is 0 Å². The Morgan fingerprint density at radius 1 is 1.20 bits per heavy atom. The van der Waals surface area contributed by atoms with Crippen molar-refractivity contribution >= 4 is 42.5 Å². The van der Waals surface area contributed by atoms with E-state index in [-0.39, 0.29) is 0 Å². The zero-order valence-electron chi connectivity index (χ0n) is 5.13. The highest BCUT2D eigenvalue weighted by Gasteiger charge is 2.02. The van der Waals surface area contributed by atoms with Gasteiger partial charge in [0.2, 0.25) is 0 Å². The predicted molar refractivity (Wildman–Crippen MR) is 48.5 cm³/mol. The third-order valence-corrected chi connectivity index (χ3v) is 2.38. The third-order valence-electron chi connectivity index (χ3n) is 1.15. The molecule has 1 rings (SSSR count). The van der Waals surface area contributed by atoms with Gasteiger partial charge in [-0.1, -0.05) is 11.6 Å². The molecule has 0 amide bonds. The van der Waals surface area contributed by atoms with Crippen LogP contribution in [0.25, 0.3) is 0 Å². The van der Waals surface area contributed by atoms with Gasteiger partial charge < -0.3 is 5.73 Å². The maximum Gasteiger partial charge on any atom is 0.142 e. The first-order chi connectivity index (χ1) is 4.61. The van der Waals surface area contributed by atoms with E-state index in [1.165, 1.54) is 0 Å². The van der Waals surface area contributed by atoms with Crippen molar-refractivity contribution in [3.63, 3.8) is 0 Å². The van der Waals surface area contributed by atoms with E-state index in [1.807, 2.05) is 0 Å². The minimum Gasteiger partial charge on any atom is -0.324 e. The smallest absolute Gasteiger partial charge is 0.142 e. The molecule has 0 aliphatic rings. The SMILES string of the molecule is [NH3+]c1cc(S)c(Cl)cc1S. The maximum atomic E-state index is 5.73. The number of quaternary nitrogens is 1. The van der Waals surface area contributed by atoms with Crippen molar-refractivity contribution in [3.05, 3.63) is 17.2 Å². The molecule has 4 heteroatoms. The molecule has 0 atom stereocenters. The molecule has 0 radical (unpaired) electrons. The van der Waals surface area contributed by atoms with Gasteiger partial charge in [0.05, 0.1) is 9.92 Å². The van der Waals surface area contributed by atoms with Gasteiger partial charge in [0.25, 0.3) is 0 Å². The summed E-state index contributed by atoms with van der Waals surface area (Å²) in [5.74, 6) is 0. The third kappa shape index (κ3) is 1.61. The summed E-state index contributed by atoms with van der Waals surface area (Å²) >= 11 is 14.0. The van der Waals surface area contributed by atoms with E-state index in [1.54, 1.807) is 12.1 Å². The quantitative estimate of drug-likeness (QED) is 0.523. The highest BCUT2D eigenvalue weighted by Crippen LogP contribution is 2.26. The Morgan fingerprint density at radius 2 is 1.80 bits per heavy atom. The molecule has 0 saturated carbocycles. The van der Waals surface area contributed by atoms with E-state index in [4.69, 9.17) is 11.6 Å². The summed E-state index contributed by atoms with van der Waals surface area (Å²) in [5, 5.41) is 0.612. The van der Waals surface area contributed by atoms with Crippen LogP contribution >= 0.6 is 36.9 Å². The lowest BCUT2D eigenvalue weighted by molar-refractivity contribution is -0.258. The Hall–Kier alpha value is 0.170. The first-order valence-electron chi connectivity index (χ1n) is 2.64. The summed E-state index contributed by atoms with van der Waals surface area (Å²) in [6.07, 6.45) is 0. The van der Waals surface area contributed by atoms with E-state index < -0.39 is 0 Å². The normalized spacial score (nSPS) is 10.0. The lowest BCUT2D eigenvalue weighted by atomic mass is 10.3. The van der Waals surface area contributed by atoms with E-state index in [9.17, 15) is 0 Å². The molecule has 1 aromatic rings. The van der Waals surface area contributed by atoms with Crippen LogP contribution in [0.15, 0.2) is 21.9 Å². The molecule has 0 bridgehead atoms. The average Bonchev–Trinajstić information content (AvgIpc) is 1.84. The summed E-state index contributed by atoms with van der Waals surface area (Å²) in [7, 11) is 0. The van der Waals surface area contributed by atoms with Crippen LogP contribution in [-0.2, 0) is 0 Å². The molecule has 0 spiro atoms. The van der Waals surface area contributed by atoms with Crippen LogP contribution in [0.3, 0.4) is 0 Å². The van der Waals surface area contributed by atoms with Gasteiger partial charge in [-0.3, -0.25) is 0 Å². The summed E-state index contributed by atoms with van der Waals surface area (Å²) < 4.78 is 0. The number of rotatable bonds is 0. The molecular formula is C6H7ClNS2+. The lowest BCUT2D eigenvalue weighted by Gasteiger charge is -1.97. The minimum atomic E-state index is 0.612. The van der Waals surface area contributed by atoms with Crippen LogP contribution in [0, 0.1) is 0 Å². The van der Waals surface area contributed by atoms with Crippen molar-refractivity contribution in [2.75, 3.05) is 0 Å². The van der Waals surface area contributed by atoms with E-state index in [0.29, 0.717) is 5.02 Å². The van der Waals surface area contributed by atoms with Gasteiger partial charge in [0.1, 0.15) is 5.69 Å². The molecule has 1 nitrogen and oxygen atoms in total. The van der Waals surface area contributed by atoms with Crippen LogP contribution in [-0.4, -0.2) is 0 Å². The van der Waals surface area contributed by atoms with E-state index in [0.717, 1.165) is 15.5 Å². The molecule has 0 unspecified atom stereocenters. The first-order valence-corrected chi connectivity index (χ1v) is 3.92. The Morgan fingerprint density at radius 3 is 2.30 bits per heavy atom. The molecule has 0 fully saturated rings. The monoisotopic (exact) mass is 192 g/mol. The molecule has 0 aromatic heterocycles. The van der Waals surface area contributed by atoms with Crippen molar-refractivity contribution in [1.29, 1.82) is 0 Å². The van der Waals surface area contributed by atoms with Crippen molar-refractivity contribution < 1.29 is 5.73 Å². The fourth-order valence-corrected chi connectivity index (χ4v) is 1.25. The molecule has 0 saturated heterocycles. The zero-order chi connectivity index (χ0) is 7.72. The fraction of sp³-hybridized carbons (Fsp3) is 0. The standard InChI is InChI=1S/C6H6ClNS2/c7-3-1-6(10)4(8)2-5(3)9/h1-2,9-10H,8H2/p+1. The summed E-state index contributed by atoms with van der Waals surface area (Å²) in [6.45, 7) is 0. The Kier molecular flexibility index (Phi) is 2.52. The van der Waals surface area contributed by atoms with Crippen LogP contribution in [0.2, 0.25) is 5.02 Å². The molecule has 3 N–H and O–H groups in total. The van der Waals surface area contributed by atoms with Crippen LogP contribution < -0.4 is 5.73 Å². The van der Waals surface area contributed by atoms with E-state index in [2.05, 4.69) is 31.0 Å². The highest BCUT2D eigenvalue weighted by molar-refractivity contribution is 7.81. The van der Waals surface area contributed by atoms with Gasteiger partial charge in [-0.2, -0.15) is 0 Å². The second-order valence-electron chi connectivity index (χ2n) is 1.93. The second-order valence-corrected chi connectivity index (χ2v) is 3.30. The molecule has 10 heavy (non-hydrogen) atoms. The number of benzene rings is 1. The molecule has 1 aromatic carbocycles. The molecule has 0 heterocycles. The van der Waals surface area contributed by atoms with Gasteiger partial charge in [0.15, 0.2) is 0 Å². The van der Waals surface area contributed by atoms with Gasteiger partial charge in [-0.05, 0) is 6.07 Å². The fourth-order valence-electron chi connectivity index (χ4n) is 0.595. The summed E-state index contributed by atoms with van der Waals surface area (Å²) in [6, 6.07) is 3.52. The van der Waals surface area contributed by atoms with Gasteiger partial charge in [-0.15, -0.1) is 25.3 Å². The van der Waals surface area contributed by atoms with Gasteiger partial charge >= 0.3 is 0 Å². The average molecular weight is 193 g/mol. The Labute approximate surface area is 75.4 Å². The largest absolute Gasteiger partial charge is 0.324 e. The summed E-state index contributed by atoms with van der Waals surface area (Å²) in [5.41, 5.74) is 4.58. The Bertz CT molecular complexity index is 212. The van der Waals surface area contributed by atoms with Crippen LogP contribution in [0.1, 0.15) is 0 Å². The molecule has 54 valence electrons.